The number of nitrogens with zero attached hydrogens (tertiary/aromatic N) is 1. The molecule has 1 aromatic rings. The predicted molar refractivity (Wildman–Crippen MR) is 144 cm³/mol. The summed E-state index contributed by atoms with van der Waals surface area (Å²) in [7, 11) is 0. The van der Waals surface area contributed by atoms with Crippen LogP contribution in [0.5, 0.6) is 0 Å². The lowest BCUT2D eigenvalue weighted by atomic mass is 9.88. The molecule has 1 fully saturated rings. The van der Waals surface area contributed by atoms with Gasteiger partial charge in [-0.25, -0.2) is 0 Å². The van der Waals surface area contributed by atoms with E-state index in [4.69, 9.17) is 0 Å². The van der Waals surface area contributed by atoms with Gasteiger partial charge in [0, 0.05) is 24.4 Å². The molecular formula is C31H49NO2. The molecule has 0 aromatic heterocycles. The fraction of sp³-hybridized carbons (Fsp3) is 0.677. The molecule has 34 heavy (non-hydrogen) atoms. The molecule has 2 aliphatic carbocycles. The summed E-state index contributed by atoms with van der Waals surface area (Å²) < 4.78 is 0. The monoisotopic (exact) mass is 467 g/mol. The van der Waals surface area contributed by atoms with Crippen LogP contribution in [0.1, 0.15) is 83.8 Å². The zero-order valence-corrected chi connectivity index (χ0v) is 22.3. The smallest absolute Gasteiger partial charge is 0.0761 e. The molecule has 5 atom stereocenters. The number of aliphatic hydroxyl groups excluding tert-OH is 2. The second-order valence-corrected chi connectivity index (χ2v) is 11.5. The Labute approximate surface area is 209 Å². The zero-order valence-electron chi connectivity index (χ0n) is 22.3. The molecule has 1 aromatic carbocycles. The Balaban J connectivity index is 1.39. The minimum atomic E-state index is -0.496. The highest BCUT2D eigenvalue weighted by Gasteiger charge is 2.43. The van der Waals surface area contributed by atoms with Crippen molar-refractivity contribution in [3.63, 3.8) is 0 Å². The Hall–Kier alpha value is -1.42. The number of fused-ring (bicyclic) bond motifs is 1. The molecule has 0 amide bonds. The van der Waals surface area contributed by atoms with Gasteiger partial charge >= 0.3 is 0 Å². The van der Waals surface area contributed by atoms with Gasteiger partial charge in [0.2, 0.25) is 0 Å². The maximum absolute atomic E-state index is 10.6. The van der Waals surface area contributed by atoms with Gasteiger partial charge in [-0.15, -0.1) is 0 Å². The first-order valence-electron chi connectivity index (χ1n) is 13.8. The van der Waals surface area contributed by atoms with E-state index >= 15 is 0 Å². The predicted octanol–water partition coefficient (Wildman–Crippen LogP) is 6.47. The molecular weight excluding hydrogens is 418 g/mol. The number of aliphatic hydroxyl groups is 2. The molecule has 0 spiro atoms. The molecule has 3 nitrogen and oxygen atoms in total. The largest absolute Gasteiger partial charge is 0.392 e. The average molecular weight is 468 g/mol. The average Bonchev–Trinajstić information content (AvgIpc) is 3.27. The molecule has 3 heteroatoms. The lowest BCUT2D eigenvalue weighted by molar-refractivity contribution is 0.140. The van der Waals surface area contributed by atoms with Gasteiger partial charge in [-0.05, 0) is 90.7 Å². The summed E-state index contributed by atoms with van der Waals surface area (Å²) >= 11 is 0. The highest BCUT2D eigenvalue weighted by atomic mass is 16.3. The Morgan fingerprint density at radius 2 is 1.79 bits per heavy atom. The lowest BCUT2D eigenvalue weighted by Gasteiger charge is -2.30. The van der Waals surface area contributed by atoms with Crippen LogP contribution >= 0.6 is 0 Å². The maximum Gasteiger partial charge on any atom is 0.0761 e. The molecule has 2 aliphatic rings. The Morgan fingerprint density at radius 3 is 2.50 bits per heavy atom. The van der Waals surface area contributed by atoms with Crippen molar-refractivity contribution < 1.29 is 10.2 Å². The van der Waals surface area contributed by atoms with Gasteiger partial charge in [0.15, 0.2) is 0 Å². The van der Waals surface area contributed by atoms with Crippen LogP contribution in [0.4, 0.5) is 0 Å². The molecule has 190 valence electrons. The summed E-state index contributed by atoms with van der Waals surface area (Å²) in [6.45, 7) is 12.5. The summed E-state index contributed by atoms with van der Waals surface area (Å²) in [4.78, 5) is 2.59. The molecule has 0 bridgehead atoms. The molecule has 2 N–H and O–H groups in total. The molecule has 1 saturated carbocycles. The highest BCUT2D eigenvalue weighted by Crippen LogP contribution is 2.48. The SMILES string of the molecule is Cc1cccc(C[C@@H](O)/C=C/[C@@H]2[C@H]3CC(CCCCCCN(C(C)C)C(C)C)=C[C@H]3C[C@H]2O)c1. The minimum absolute atomic E-state index is 0.170. The van der Waals surface area contributed by atoms with Crippen LogP contribution in [0, 0.1) is 24.7 Å². The molecule has 0 unspecified atom stereocenters. The number of rotatable bonds is 13. The third kappa shape index (κ3) is 7.80. The van der Waals surface area contributed by atoms with Gasteiger partial charge in [0.05, 0.1) is 12.2 Å². The van der Waals surface area contributed by atoms with Gasteiger partial charge in [0.25, 0.3) is 0 Å². The third-order valence-corrected chi connectivity index (χ3v) is 8.02. The first-order valence-corrected chi connectivity index (χ1v) is 13.8. The Bertz CT molecular complexity index is 803. The van der Waals surface area contributed by atoms with Gasteiger partial charge in [-0.2, -0.15) is 0 Å². The van der Waals surface area contributed by atoms with E-state index in [1.165, 1.54) is 44.2 Å². The fourth-order valence-electron chi connectivity index (χ4n) is 6.31. The van der Waals surface area contributed by atoms with Crippen LogP contribution in [0.25, 0.3) is 0 Å². The Morgan fingerprint density at radius 1 is 1.06 bits per heavy atom. The van der Waals surface area contributed by atoms with Gasteiger partial charge < -0.3 is 10.2 Å². The Kier molecular flexibility index (Phi) is 10.4. The van der Waals surface area contributed by atoms with Crippen molar-refractivity contribution in [3.05, 3.63) is 59.2 Å². The van der Waals surface area contributed by atoms with Crippen LogP contribution < -0.4 is 0 Å². The van der Waals surface area contributed by atoms with Gasteiger partial charge in [-0.3, -0.25) is 4.90 Å². The van der Waals surface area contributed by atoms with Crippen LogP contribution in [0.15, 0.2) is 48.1 Å². The quantitative estimate of drug-likeness (QED) is 0.258. The van der Waals surface area contributed by atoms with E-state index < -0.39 is 6.10 Å². The maximum atomic E-state index is 10.6. The minimum Gasteiger partial charge on any atom is -0.392 e. The van der Waals surface area contributed by atoms with E-state index in [9.17, 15) is 10.2 Å². The third-order valence-electron chi connectivity index (χ3n) is 8.02. The summed E-state index contributed by atoms with van der Waals surface area (Å²) in [5.74, 6) is 1.20. The van der Waals surface area contributed by atoms with Gasteiger partial charge in [0.1, 0.15) is 0 Å². The van der Waals surface area contributed by atoms with E-state index in [1.54, 1.807) is 5.57 Å². The van der Waals surface area contributed by atoms with E-state index in [1.807, 2.05) is 12.1 Å². The van der Waals surface area contributed by atoms with Crippen molar-refractivity contribution in [3.8, 4) is 0 Å². The van der Waals surface area contributed by atoms with Crippen LogP contribution in [-0.4, -0.2) is 45.9 Å². The topological polar surface area (TPSA) is 43.7 Å². The lowest BCUT2D eigenvalue weighted by Crippen LogP contribution is -2.37. The van der Waals surface area contributed by atoms with Crippen LogP contribution in [0.2, 0.25) is 0 Å². The van der Waals surface area contributed by atoms with E-state index in [2.05, 4.69) is 69.9 Å². The summed E-state index contributed by atoms with van der Waals surface area (Å²) in [5.41, 5.74) is 3.99. The molecule has 3 rings (SSSR count). The van der Waals surface area contributed by atoms with Crippen molar-refractivity contribution in [1.82, 2.24) is 4.90 Å². The summed E-state index contributed by atoms with van der Waals surface area (Å²) in [5, 5.41) is 21.2. The number of hydrogen-bond acceptors (Lipinski definition) is 3. The first-order chi connectivity index (χ1) is 16.2. The summed E-state index contributed by atoms with van der Waals surface area (Å²) in [6, 6.07) is 9.59. The van der Waals surface area contributed by atoms with E-state index in [-0.39, 0.29) is 12.0 Å². The normalized spacial score (nSPS) is 25.6. The zero-order chi connectivity index (χ0) is 24.7. The molecule has 0 saturated heterocycles. The number of allylic oxidation sites excluding steroid dienone is 2. The van der Waals surface area contributed by atoms with Crippen LogP contribution in [-0.2, 0) is 6.42 Å². The van der Waals surface area contributed by atoms with Gasteiger partial charge in [-0.1, -0.05) is 66.5 Å². The number of hydrogen-bond donors (Lipinski definition) is 2. The van der Waals surface area contributed by atoms with Crippen molar-refractivity contribution in [2.75, 3.05) is 6.54 Å². The first kappa shape index (κ1) is 27.2. The number of aryl methyl sites for hydroxylation is 1. The van der Waals surface area contributed by atoms with Crippen molar-refractivity contribution in [2.24, 2.45) is 17.8 Å². The highest BCUT2D eigenvalue weighted by molar-refractivity contribution is 5.24. The van der Waals surface area contributed by atoms with Crippen molar-refractivity contribution in [2.45, 2.75) is 110 Å². The standard InChI is InChI=1S/C31H49NO2/c1-22(2)32(23(3)4)16-9-7-6-8-12-26-18-27-21-31(34)29(30(27)20-26)15-14-28(33)19-25-13-10-11-24(5)17-25/h10-11,13-15,17-18,22-23,27-31,33-34H,6-9,12,16,19-21H2,1-5H3/b15-14+/t27-,28-,29+,30-,31+/m0/s1. The molecule has 0 aliphatic heterocycles. The van der Waals surface area contributed by atoms with Crippen molar-refractivity contribution in [1.29, 1.82) is 0 Å². The van der Waals surface area contributed by atoms with E-state index in [0.717, 1.165) is 18.4 Å². The summed E-state index contributed by atoms with van der Waals surface area (Å²) in [6.07, 6.45) is 14.8. The number of benzene rings is 1. The molecule has 0 radical (unpaired) electrons. The number of unbranched alkanes of at least 4 members (excludes halogenated alkanes) is 3. The van der Waals surface area contributed by atoms with Crippen molar-refractivity contribution >= 4 is 0 Å². The molecule has 0 heterocycles. The fourth-order valence-corrected chi connectivity index (χ4v) is 6.31. The van der Waals surface area contributed by atoms with E-state index in [0.29, 0.717) is 30.3 Å². The second-order valence-electron chi connectivity index (χ2n) is 11.5. The van der Waals surface area contributed by atoms with Crippen LogP contribution in [0.3, 0.4) is 0 Å². The second kappa shape index (κ2) is 13.0.